The Kier molecular flexibility index (Phi) is 4.60. The number of halogens is 1. The fourth-order valence-corrected chi connectivity index (χ4v) is 3.84. The fraction of sp³-hybridized carbons (Fsp3) is 0.429. The first-order chi connectivity index (χ1) is 9.47. The van der Waals surface area contributed by atoms with E-state index < -0.39 is 12.0 Å². The molecule has 1 saturated heterocycles. The van der Waals surface area contributed by atoms with Crippen LogP contribution in [0.5, 0.6) is 0 Å². The molecule has 0 saturated carbocycles. The van der Waals surface area contributed by atoms with Gasteiger partial charge in [0.15, 0.2) is 0 Å². The summed E-state index contributed by atoms with van der Waals surface area (Å²) in [6, 6.07) is 4.36. The van der Waals surface area contributed by atoms with Gasteiger partial charge in [-0.2, -0.15) is 0 Å². The molecule has 108 valence electrons. The highest BCUT2D eigenvalue weighted by Crippen LogP contribution is 2.33. The van der Waals surface area contributed by atoms with Crippen molar-refractivity contribution in [3.8, 4) is 0 Å². The zero-order chi connectivity index (χ0) is 14.9. The summed E-state index contributed by atoms with van der Waals surface area (Å²) in [5.41, 5.74) is 1.17. The molecule has 4 nitrogen and oxygen atoms in total. The first kappa shape index (κ1) is 15.2. The second-order valence-corrected chi connectivity index (χ2v) is 6.29. The molecule has 2 atom stereocenters. The van der Waals surface area contributed by atoms with Gasteiger partial charge in [0.25, 0.3) is 5.91 Å². The van der Waals surface area contributed by atoms with Gasteiger partial charge in [-0.25, -0.2) is 4.79 Å². The third kappa shape index (κ3) is 2.65. The van der Waals surface area contributed by atoms with Gasteiger partial charge in [0.05, 0.1) is 5.37 Å². The van der Waals surface area contributed by atoms with Crippen LogP contribution in [0.25, 0.3) is 0 Å². The molecule has 20 heavy (non-hydrogen) atoms. The molecule has 0 spiro atoms. The van der Waals surface area contributed by atoms with Crippen LogP contribution in [0, 0.1) is 6.92 Å². The predicted octanol–water partition coefficient (Wildman–Crippen LogP) is 3.03. The summed E-state index contributed by atoms with van der Waals surface area (Å²) in [6.45, 7) is 3.72. The number of carbonyl (C=O) groups is 2. The maximum Gasteiger partial charge on any atom is 0.327 e. The van der Waals surface area contributed by atoms with Gasteiger partial charge in [-0.15, -0.1) is 11.8 Å². The van der Waals surface area contributed by atoms with Gasteiger partial charge < -0.3 is 10.0 Å². The molecular formula is C14H16ClNO3S. The fourth-order valence-electron chi connectivity index (χ4n) is 2.32. The third-order valence-electron chi connectivity index (χ3n) is 3.46. The quantitative estimate of drug-likeness (QED) is 0.932. The Hall–Kier alpha value is -1.20. The predicted molar refractivity (Wildman–Crippen MR) is 80.3 cm³/mol. The first-order valence-corrected chi connectivity index (χ1v) is 7.82. The van der Waals surface area contributed by atoms with Crippen LogP contribution in [0.2, 0.25) is 5.02 Å². The number of rotatable bonds is 3. The number of hydrogen-bond donors (Lipinski definition) is 1. The second kappa shape index (κ2) is 6.06. The van der Waals surface area contributed by atoms with Crippen LogP contribution in [0.3, 0.4) is 0 Å². The lowest BCUT2D eigenvalue weighted by Crippen LogP contribution is -2.45. The van der Waals surface area contributed by atoms with Crippen molar-refractivity contribution in [1.29, 1.82) is 0 Å². The number of nitrogens with zero attached hydrogens (tertiary/aromatic N) is 1. The number of carbonyl (C=O) groups excluding carboxylic acids is 1. The van der Waals surface area contributed by atoms with Crippen LogP contribution in [-0.2, 0) is 4.79 Å². The van der Waals surface area contributed by atoms with E-state index in [0.29, 0.717) is 21.9 Å². The summed E-state index contributed by atoms with van der Waals surface area (Å²) < 4.78 is 0. The van der Waals surface area contributed by atoms with E-state index in [9.17, 15) is 14.7 Å². The minimum Gasteiger partial charge on any atom is -0.480 e. The number of amides is 1. The first-order valence-electron chi connectivity index (χ1n) is 6.39. The van der Waals surface area contributed by atoms with E-state index >= 15 is 0 Å². The van der Waals surface area contributed by atoms with E-state index in [2.05, 4.69) is 0 Å². The van der Waals surface area contributed by atoms with E-state index in [0.717, 1.165) is 6.42 Å². The largest absolute Gasteiger partial charge is 0.480 e. The van der Waals surface area contributed by atoms with Crippen LogP contribution >= 0.6 is 23.4 Å². The number of aliphatic carboxylic acids is 1. The van der Waals surface area contributed by atoms with Gasteiger partial charge in [0.2, 0.25) is 0 Å². The van der Waals surface area contributed by atoms with Crippen molar-refractivity contribution in [2.75, 3.05) is 5.75 Å². The van der Waals surface area contributed by atoms with E-state index in [1.54, 1.807) is 25.1 Å². The lowest BCUT2D eigenvalue weighted by molar-refractivity contribution is -0.141. The highest BCUT2D eigenvalue weighted by atomic mass is 35.5. The molecule has 1 aliphatic rings. The summed E-state index contributed by atoms with van der Waals surface area (Å²) >= 11 is 7.55. The van der Waals surface area contributed by atoms with Crippen molar-refractivity contribution in [3.05, 3.63) is 34.3 Å². The van der Waals surface area contributed by atoms with Crippen molar-refractivity contribution in [2.45, 2.75) is 31.7 Å². The Morgan fingerprint density at radius 1 is 1.50 bits per heavy atom. The maximum atomic E-state index is 12.7. The summed E-state index contributed by atoms with van der Waals surface area (Å²) in [4.78, 5) is 25.5. The van der Waals surface area contributed by atoms with Gasteiger partial charge in [-0.3, -0.25) is 4.79 Å². The van der Waals surface area contributed by atoms with Gasteiger partial charge >= 0.3 is 5.97 Å². The molecule has 1 amide bonds. The molecule has 1 aromatic rings. The van der Waals surface area contributed by atoms with E-state index in [4.69, 9.17) is 11.6 Å². The molecule has 0 aromatic heterocycles. The standard InChI is InChI=1S/C14H16ClNO3S/c1-3-12-16(11(7-20-12)14(18)19)13(17)9-5-4-6-10(15)8(9)2/h4-6,11-12H,3,7H2,1-2H3,(H,18,19). The van der Waals surface area contributed by atoms with Crippen molar-refractivity contribution in [1.82, 2.24) is 4.90 Å². The van der Waals surface area contributed by atoms with Crippen molar-refractivity contribution in [3.63, 3.8) is 0 Å². The zero-order valence-corrected chi connectivity index (χ0v) is 12.9. The van der Waals surface area contributed by atoms with E-state index in [-0.39, 0.29) is 11.3 Å². The van der Waals surface area contributed by atoms with Gasteiger partial charge in [0.1, 0.15) is 6.04 Å². The molecule has 0 bridgehead atoms. The highest BCUT2D eigenvalue weighted by Gasteiger charge is 2.41. The summed E-state index contributed by atoms with van der Waals surface area (Å²) in [5, 5.41) is 9.70. The summed E-state index contributed by atoms with van der Waals surface area (Å²) in [6.07, 6.45) is 0.722. The molecular weight excluding hydrogens is 298 g/mol. The van der Waals surface area contributed by atoms with Crippen molar-refractivity contribution < 1.29 is 14.7 Å². The number of carboxylic acids is 1. The maximum absolute atomic E-state index is 12.7. The molecule has 0 aliphatic carbocycles. The molecule has 1 aromatic carbocycles. The number of hydrogen-bond acceptors (Lipinski definition) is 3. The van der Waals surface area contributed by atoms with Crippen LogP contribution in [0.15, 0.2) is 18.2 Å². The summed E-state index contributed by atoms with van der Waals surface area (Å²) in [5.74, 6) is -0.783. The number of thioether (sulfide) groups is 1. The van der Waals surface area contributed by atoms with Gasteiger partial charge in [-0.1, -0.05) is 24.6 Å². The highest BCUT2D eigenvalue weighted by molar-refractivity contribution is 8.00. The normalized spacial score (nSPS) is 22.1. The average molecular weight is 314 g/mol. The topological polar surface area (TPSA) is 57.6 Å². The Balaban J connectivity index is 2.38. The van der Waals surface area contributed by atoms with Crippen LogP contribution in [0.1, 0.15) is 29.3 Å². The van der Waals surface area contributed by atoms with Crippen LogP contribution in [0.4, 0.5) is 0 Å². The minimum atomic E-state index is -0.957. The van der Waals surface area contributed by atoms with Gasteiger partial charge in [-0.05, 0) is 31.0 Å². The smallest absolute Gasteiger partial charge is 0.327 e. The number of carboxylic acid groups (broad SMARTS) is 1. The lowest BCUT2D eigenvalue weighted by Gasteiger charge is -2.27. The molecule has 2 rings (SSSR count). The Morgan fingerprint density at radius 3 is 2.80 bits per heavy atom. The molecule has 1 fully saturated rings. The lowest BCUT2D eigenvalue weighted by atomic mass is 10.1. The van der Waals surface area contributed by atoms with E-state index in [1.165, 1.54) is 16.7 Å². The zero-order valence-electron chi connectivity index (χ0n) is 11.3. The SMILES string of the molecule is CCC1SCC(C(=O)O)N1C(=O)c1cccc(Cl)c1C. The van der Waals surface area contributed by atoms with Crippen LogP contribution < -0.4 is 0 Å². The second-order valence-electron chi connectivity index (χ2n) is 4.68. The van der Waals surface area contributed by atoms with Crippen molar-refractivity contribution >= 4 is 35.2 Å². The monoisotopic (exact) mass is 313 g/mol. The van der Waals surface area contributed by atoms with Crippen molar-refractivity contribution in [2.24, 2.45) is 0 Å². The Bertz CT molecular complexity index is 549. The molecule has 1 aliphatic heterocycles. The summed E-state index contributed by atoms with van der Waals surface area (Å²) in [7, 11) is 0. The molecule has 1 heterocycles. The third-order valence-corrected chi connectivity index (χ3v) is 5.32. The molecule has 1 N–H and O–H groups in total. The molecule has 2 unspecified atom stereocenters. The number of benzene rings is 1. The molecule has 6 heteroatoms. The molecule has 0 radical (unpaired) electrons. The van der Waals surface area contributed by atoms with Crippen LogP contribution in [-0.4, -0.2) is 39.1 Å². The minimum absolute atomic E-state index is 0.0954. The Labute approximate surface area is 127 Å². The average Bonchev–Trinajstić information content (AvgIpc) is 2.85. The Morgan fingerprint density at radius 2 is 2.20 bits per heavy atom. The van der Waals surface area contributed by atoms with Gasteiger partial charge in [0, 0.05) is 16.3 Å². The van der Waals surface area contributed by atoms with E-state index in [1.807, 2.05) is 6.92 Å².